The van der Waals surface area contributed by atoms with E-state index in [0.717, 1.165) is 48.9 Å². The van der Waals surface area contributed by atoms with Gasteiger partial charge in [-0.1, -0.05) is 18.2 Å². The first-order chi connectivity index (χ1) is 11.3. The number of fused-ring (bicyclic) bond motifs is 1. The van der Waals surface area contributed by atoms with E-state index in [2.05, 4.69) is 35.3 Å². The third-order valence-corrected chi connectivity index (χ3v) is 3.95. The van der Waals surface area contributed by atoms with Gasteiger partial charge in [0.25, 0.3) is 0 Å². The van der Waals surface area contributed by atoms with Crippen LogP contribution in [0.15, 0.2) is 36.5 Å². The molecule has 0 aliphatic carbocycles. The molecule has 0 saturated carbocycles. The van der Waals surface area contributed by atoms with Crippen LogP contribution in [0.3, 0.4) is 0 Å². The smallest absolute Gasteiger partial charge is 0.229 e. The largest absolute Gasteiger partial charge is 0.324 e. The van der Waals surface area contributed by atoms with Gasteiger partial charge < -0.3 is 15.6 Å². The molecule has 2 N–H and O–H groups in total. The summed E-state index contributed by atoms with van der Waals surface area (Å²) < 4.78 is 2.11. The summed E-state index contributed by atoms with van der Waals surface area (Å²) >= 11 is 0. The highest BCUT2D eigenvalue weighted by atomic mass is 15.6. The maximum absolute atomic E-state index is 4.68. The summed E-state index contributed by atoms with van der Waals surface area (Å²) in [6.45, 7) is 5.84. The Balaban J connectivity index is 1.72. The third-order valence-electron chi connectivity index (χ3n) is 3.95. The normalized spacial score (nSPS) is 15.1. The van der Waals surface area contributed by atoms with Crippen LogP contribution in [0.1, 0.15) is 5.82 Å². The highest BCUT2D eigenvalue weighted by molar-refractivity contribution is 5.73. The quantitative estimate of drug-likeness (QED) is 0.762. The lowest BCUT2D eigenvalue weighted by Gasteiger charge is -2.30. The van der Waals surface area contributed by atoms with Crippen molar-refractivity contribution in [3.8, 4) is 0 Å². The van der Waals surface area contributed by atoms with Crippen molar-refractivity contribution in [1.82, 2.24) is 24.9 Å². The Labute approximate surface area is 134 Å². The lowest BCUT2D eigenvalue weighted by atomic mass is 10.3. The van der Waals surface area contributed by atoms with E-state index in [1.165, 1.54) is 0 Å². The summed E-state index contributed by atoms with van der Waals surface area (Å²) in [6, 6.07) is 9.93. The summed E-state index contributed by atoms with van der Waals surface area (Å²) in [6.07, 6.45) is 1.78. The molecule has 1 aromatic carbocycles. The van der Waals surface area contributed by atoms with Gasteiger partial charge in [-0.05, 0) is 19.1 Å². The van der Waals surface area contributed by atoms with Gasteiger partial charge in [0.1, 0.15) is 11.3 Å². The molecule has 1 saturated heterocycles. The molecular weight excluding hydrogens is 290 g/mol. The average Bonchev–Trinajstić information content (AvgIpc) is 2.92. The van der Waals surface area contributed by atoms with Gasteiger partial charge >= 0.3 is 0 Å². The van der Waals surface area contributed by atoms with Crippen molar-refractivity contribution in [3.63, 3.8) is 0 Å². The van der Waals surface area contributed by atoms with Crippen molar-refractivity contribution in [2.75, 3.05) is 36.5 Å². The molecule has 3 heterocycles. The number of nitrogens with zero attached hydrogens (tertiary/aromatic N) is 5. The molecule has 1 fully saturated rings. The number of imidazole rings is 1. The first kappa shape index (κ1) is 14.0. The van der Waals surface area contributed by atoms with Crippen LogP contribution in [0.4, 0.5) is 11.6 Å². The summed E-state index contributed by atoms with van der Waals surface area (Å²) in [4.78, 5) is 13.6. The minimum Gasteiger partial charge on any atom is -0.324 e. The molecule has 3 aromatic rings. The van der Waals surface area contributed by atoms with Crippen LogP contribution in [-0.2, 0) is 0 Å². The van der Waals surface area contributed by atoms with Crippen LogP contribution >= 0.6 is 0 Å². The summed E-state index contributed by atoms with van der Waals surface area (Å²) in [5.41, 5.74) is 2.63. The number of piperazine rings is 1. The minimum atomic E-state index is 0.583. The predicted molar refractivity (Wildman–Crippen MR) is 90.6 cm³/mol. The fourth-order valence-corrected chi connectivity index (χ4v) is 2.88. The number of hydrogen-bond acceptors (Lipinski definition) is 6. The summed E-state index contributed by atoms with van der Waals surface area (Å²) in [5.74, 6) is 1.52. The second-order valence-electron chi connectivity index (χ2n) is 5.57. The zero-order valence-corrected chi connectivity index (χ0v) is 13.0. The highest BCUT2D eigenvalue weighted by Crippen LogP contribution is 2.18. The van der Waals surface area contributed by atoms with E-state index in [9.17, 15) is 0 Å². The number of rotatable bonds is 3. The zero-order valence-electron chi connectivity index (χ0n) is 13.0. The van der Waals surface area contributed by atoms with Crippen LogP contribution in [0, 0.1) is 6.92 Å². The fraction of sp³-hybridized carbons (Fsp3) is 0.312. The molecule has 0 amide bonds. The average molecular weight is 309 g/mol. The van der Waals surface area contributed by atoms with Gasteiger partial charge in [0.15, 0.2) is 5.65 Å². The molecule has 0 unspecified atom stereocenters. The fourth-order valence-electron chi connectivity index (χ4n) is 2.88. The Hall–Kier alpha value is -2.67. The SMILES string of the molecule is Cc1nc2cnc(Nc3ccccc3)nc2n1N1CCNCC1. The molecular formula is C16H19N7. The molecule has 7 heteroatoms. The van der Waals surface area contributed by atoms with Crippen LogP contribution in [0.5, 0.6) is 0 Å². The number of para-hydroxylation sites is 1. The van der Waals surface area contributed by atoms with Crippen LogP contribution in [0.25, 0.3) is 11.2 Å². The second kappa shape index (κ2) is 5.85. The van der Waals surface area contributed by atoms with E-state index in [1.54, 1.807) is 6.20 Å². The molecule has 1 aliphatic heterocycles. The first-order valence-corrected chi connectivity index (χ1v) is 7.81. The van der Waals surface area contributed by atoms with Gasteiger partial charge in [-0.25, -0.2) is 14.6 Å². The van der Waals surface area contributed by atoms with Crippen LogP contribution < -0.4 is 15.6 Å². The van der Waals surface area contributed by atoms with Gasteiger partial charge in [0.05, 0.1) is 6.20 Å². The third kappa shape index (κ3) is 2.70. The molecule has 0 bridgehead atoms. The summed E-state index contributed by atoms with van der Waals surface area (Å²) in [5, 5.41) is 8.89. The Morgan fingerprint density at radius 3 is 2.65 bits per heavy atom. The summed E-state index contributed by atoms with van der Waals surface area (Å²) in [7, 11) is 0. The van der Waals surface area contributed by atoms with Crippen LogP contribution in [0.2, 0.25) is 0 Å². The molecule has 0 spiro atoms. The number of nitrogens with one attached hydrogen (secondary N) is 2. The molecule has 0 atom stereocenters. The van der Waals surface area contributed by atoms with E-state index in [1.807, 2.05) is 37.3 Å². The van der Waals surface area contributed by atoms with Crippen LogP contribution in [-0.4, -0.2) is 45.8 Å². The van der Waals surface area contributed by atoms with Gasteiger partial charge in [-0.3, -0.25) is 0 Å². The zero-order chi connectivity index (χ0) is 15.6. The molecule has 2 aromatic heterocycles. The van der Waals surface area contributed by atoms with E-state index in [0.29, 0.717) is 5.95 Å². The molecule has 1 aliphatic rings. The minimum absolute atomic E-state index is 0.583. The topological polar surface area (TPSA) is 70.9 Å². The first-order valence-electron chi connectivity index (χ1n) is 7.81. The molecule has 118 valence electrons. The number of hydrogen-bond donors (Lipinski definition) is 2. The van der Waals surface area contributed by atoms with Gasteiger partial charge in [-0.2, -0.15) is 4.98 Å². The maximum atomic E-state index is 4.68. The van der Waals surface area contributed by atoms with Gasteiger partial charge in [0.2, 0.25) is 5.95 Å². The number of anilines is 2. The predicted octanol–water partition coefficient (Wildman–Crippen LogP) is 1.42. The van der Waals surface area contributed by atoms with Gasteiger partial charge in [-0.15, -0.1) is 0 Å². The Morgan fingerprint density at radius 2 is 1.87 bits per heavy atom. The lowest BCUT2D eigenvalue weighted by molar-refractivity contribution is 0.490. The van der Waals surface area contributed by atoms with E-state index < -0.39 is 0 Å². The maximum Gasteiger partial charge on any atom is 0.229 e. The van der Waals surface area contributed by atoms with Crippen molar-refractivity contribution in [2.24, 2.45) is 0 Å². The van der Waals surface area contributed by atoms with Crippen molar-refractivity contribution in [1.29, 1.82) is 0 Å². The van der Waals surface area contributed by atoms with Crippen molar-refractivity contribution >= 4 is 22.8 Å². The molecule has 4 rings (SSSR count). The number of benzene rings is 1. The highest BCUT2D eigenvalue weighted by Gasteiger charge is 2.17. The van der Waals surface area contributed by atoms with Crippen molar-refractivity contribution < 1.29 is 0 Å². The molecule has 7 nitrogen and oxygen atoms in total. The van der Waals surface area contributed by atoms with E-state index in [4.69, 9.17) is 0 Å². The molecule has 0 radical (unpaired) electrons. The Morgan fingerprint density at radius 1 is 1.09 bits per heavy atom. The van der Waals surface area contributed by atoms with E-state index >= 15 is 0 Å². The van der Waals surface area contributed by atoms with Crippen molar-refractivity contribution in [3.05, 3.63) is 42.4 Å². The Bertz CT molecular complexity index is 806. The lowest BCUT2D eigenvalue weighted by Crippen LogP contribution is -2.49. The van der Waals surface area contributed by atoms with E-state index in [-0.39, 0.29) is 0 Å². The number of aryl methyl sites for hydroxylation is 1. The monoisotopic (exact) mass is 309 g/mol. The second-order valence-corrected chi connectivity index (χ2v) is 5.57. The molecule has 23 heavy (non-hydrogen) atoms. The standard InChI is InChI=1S/C16H19N7/c1-12-19-14-11-18-16(20-13-5-3-2-4-6-13)21-15(14)23(12)22-9-7-17-8-10-22/h2-6,11,17H,7-10H2,1H3,(H,18,20,21). The van der Waals surface area contributed by atoms with Crippen molar-refractivity contribution in [2.45, 2.75) is 6.92 Å². The Kier molecular flexibility index (Phi) is 3.55. The number of aromatic nitrogens is 4. The van der Waals surface area contributed by atoms with Gasteiger partial charge in [0, 0.05) is 31.9 Å².